The molecule has 6 heteroatoms. The SMILES string of the molecule is C[C@H](c1ccc(Cl)cc1)N1CCN(CCOCC(=O)NCc2ccccc2)CC1. The van der Waals surface area contributed by atoms with E-state index in [0.29, 0.717) is 19.2 Å². The Balaban J connectivity index is 1.28. The quantitative estimate of drug-likeness (QED) is 0.638. The fraction of sp³-hybridized carbons (Fsp3) is 0.435. The van der Waals surface area contributed by atoms with E-state index in [4.69, 9.17) is 16.3 Å². The number of piperazine rings is 1. The van der Waals surface area contributed by atoms with Crippen LogP contribution in [0.1, 0.15) is 24.1 Å². The average Bonchev–Trinajstić information content (AvgIpc) is 2.76. The first kappa shape index (κ1) is 21.8. The molecule has 1 N–H and O–H groups in total. The third-order valence-corrected chi connectivity index (χ3v) is 5.68. The van der Waals surface area contributed by atoms with Crippen LogP contribution in [0.5, 0.6) is 0 Å². The van der Waals surface area contributed by atoms with Crippen LogP contribution in [0.25, 0.3) is 0 Å². The number of nitrogens with one attached hydrogen (secondary N) is 1. The summed E-state index contributed by atoms with van der Waals surface area (Å²) in [7, 11) is 0. The van der Waals surface area contributed by atoms with Gasteiger partial charge in [-0.25, -0.2) is 0 Å². The summed E-state index contributed by atoms with van der Waals surface area (Å²) in [6, 6.07) is 18.4. The van der Waals surface area contributed by atoms with Gasteiger partial charge in [0.25, 0.3) is 0 Å². The second-order valence-electron chi connectivity index (χ2n) is 7.42. The van der Waals surface area contributed by atoms with Crippen LogP contribution in [0.3, 0.4) is 0 Å². The zero-order valence-corrected chi connectivity index (χ0v) is 17.8. The first-order valence-corrected chi connectivity index (χ1v) is 10.6. The summed E-state index contributed by atoms with van der Waals surface area (Å²) < 4.78 is 5.56. The molecule has 0 unspecified atom stereocenters. The van der Waals surface area contributed by atoms with E-state index in [1.807, 2.05) is 42.5 Å². The van der Waals surface area contributed by atoms with Gasteiger partial charge in [0, 0.05) is 50.3 Å². The number of hydrogen-bond donors (Lipinski definition) is 1. The van der Waals surface area contributed by atoms with Crippen molar-refractivity contribution in [3.8, 4) is 0 Å². The second kappa shape index (κ2) is 11.3. The highest BCUT2D eigenvalue weighted by atomic mass is 35.5. The number of carbonyl (C=O) groups is 1. The molecule has 1 heterocycles. The maximum atomic E-state index is 11.9. The first-order valence-electron chi connectivity index (χ1n) is 10.2. The minimum absolute atomic E-state index is 0.0736. The van der Waals surface area contributed by atoms with Crippen molar-refractivity contribution < 1.29 is 9.53 Å². The number of halogens is 1. The molecule has 0 radical (unpaired) electrons. The fourth-order valence-corrected chi connectivity index (χ4v) is 3.66. The molecule has 2 aromatic carbocycles. The van der Waals surface area contributed by atoms with Crippen LogP contribution in [0.4, 0.5) is 0 Å². The molecule has 0 aliphatic carbocycles. The monoisotopic (exact) mass is 415 g/mol. The number of hydrogen-bond acceptors (Lipinski definition) is 4. The van der Waals surface area contributed by atoms with Crippen LogP contribution < -0.4 is 5.32 Å². The zero-order valence-electron chi connectivity index (χ0n) is 17.0. The van der Waals surface area contributed by atoms with Crippen molar-refractivity contribution in [1.82, 2.24) is 15.1 Å². The van der Waals surface area contributed by atoms with E-state index < -0.39 is 0 Å². The average molecular weight is 416 g/mol. The summed E-state index contributed by atoms with van der Waals surface area (Å²) in [5.41, 5.74) is 2.39. The van der Waals surface area contributed by atoms with Crippen LogP contribution in [0.2, 0.25) is 5.02 Å². The van der Waals surface area contributed by atoms with Crippen molar-refractivity contribution in [2.45, 2.75) is 19.5 Å². The molecular formula is C23H30ClN3O2. The first-order chi connectivity index (χ1) is 14.1. The van der Waals surface area contributed by atoms with Gasteiger partial charge >= 0.3 is 0 Å². The number of rotatable bonds is 9. The molecule has 1 fully saturated rings. The summed E-state index contributed by atoms with van der Waals surface area (Å²) in [5.74, 6) is -0.0736. The van der Waals surface area contributed by atoms with Crippen LogP contribution in [0, 0.1) is 0 Å². The van der Waals surface area contributed by atoms with E-state index in [9.17, 15) is 4.79 Å². The van der Waals surface area contributed by atoms with Gasteiger partial charge in [0.15, 0.2) is 0 Å². The summed E-state index contributed by atoms with van der Waals surface area (Å²) in [4.78, 5) is 16.8. The number of nitrogens with zero attached hydrogens (tertiary/aromatic N) is 2. The Labute approximate surface area is 178 Å². The van der Waals surface area contributed by atoms with E-state index in [2.05, 4.69) is 34.2 Å². The Morgan fingerprint density at radius 1 is 1.07 bits per heavy atom. The fourth-order valence-electron chi connectivity index (χ4n) is 3.53. The van der Waals surface area contributed by atoms with Crippen LogP contribution in [-0.2, 0) is 16.1 Å². The predicted octanol–water partition coefficient (Wildman–Crippen LogP) is 3.35. The van der Waals surface area contributed by atoms with E-state index in [0.717, 1.165) is 43.3 Å². The molecule has 3 rings (SSSR count). The largest absolute Gasteiger partial charge is 0.370 e. The van der Waals surface area contributed by atoms with Crippen molar-refractivity contribution >= 4 is 17.5 Å². The molecule has 1 atom stereocenters. The highest BCUT2D eigenvalue weighted by Gasteiger charge is 2.21. The predicted molar refractivity (Wildman–Crippen MR) is 117 cm³/mol. The van der Waals surface area contributed by atoms with Gasteiger partial charge in [0.05, 0.1) is 6.61 Å². The molecule has 0 spiro atoms. The topological polar surface area (TPSA) is 44.8 Å². The summed E-state index contributed by atoms with van der Waals surface area (Å²) >= 11 is 5.99. The minimum atomic E-state index is -0.0736. The minimum Gasteiger partial charge on any atom is -0.370 e. The van der Waals surface area contributed by atoms with Crippen LogP contribution in [0.15, 0.2) is 54.6 Å². The standard InChI is InChI=1S/C23H30ClN3O2/c1-19(21-7-9-22(24)10-8-21)27-13-11-26(12-14-27)15-16-29-18-23(28)25-17-20-5-3-2-4-6-20/h2-10,19H,11-18H2,1H3,(H,25,28)/t19-/m1/s1. The highest BCUT2D eigenvalue weighted by molar-refractivity contribution is 6.30. The molecule has 1 aliphatic heterocycles. The Morgan fingerprint density at radius 2 is 1.76 bits per heavy atom. The van der Waals surface area contributed by atoms with Crippen molar-refractivity contribution in [2.75, 3.05) is 45.9 Å². The van der Waals surface area contributed by atoms with Gasteiger partial charge in [-0.3, -0.25) is 14.6 Å². The maximum absolute atomic E-state index is 11.9. The van der Waals surface area contributed by atoms with Crippen LogP contribution >= 0.6 is 11.6 Å². The molecule has 1 aliphatic rings. The number of carbonyl (C=O) groups excluding carboxylic acids is 1. The molecule has 5 nitrogen and oxygen atoms in total. The lowest BCUT2D eigenvalue weighted by molar-refractivity contribution is -0.126. The van der Waals surface area contributed by atoms with Crippen molar-refractivity contribution in [3.05, 3.63) is 70.7 Å². The molecule has 156 valence electrons. The molecule has 0 bridgehead atoms. The number of amides is 1. The van der Waals surface area contributed by atoms with Gasteiger partial charge in [-0.15, -0.1) is 0 Å². The number of ether oxygens (including phenoxy) is 1. The van der Waals surface area contributed by atoms with Gasteiger partial charge in [0.2, 0.25) is 5.91 Å². The molecule has 0 saturated carbocycles. The lowest BCUT2D eigenvalue weighted by Crippen LogP contribution is -2.48. The highest BCUT2D eigenvalue weighted by Crippen LogP contribution is 2.23. The van der Waals surface area contributed by atoms with Gasteiger partial charge in [0.1, 0.15) is 6.61 Å². The van der Waals surface area contributed by atoms with Gasteiger partial charge in [-0.1, -0.05) is 54.1 Å². The lowest BCUT2D eigenvalue weighted by atomic mass is 10.1. The number of benzene rings is 2. The van der Waals surface area contributed by atoms with Gasteiger partial charge in [-0.2, -0.15) is 0 Å². The maximum Gasteiger partial charge on any atom is 0.246 e. The van der Waals surface area contributed by atoms with Crippen molar-refractivity contribution in [3.63, 3.8) is 0 Å². The Morgan fingerprint density at radius 3 is 2.45 bits per heavy atom. The molecule has 0 aromatic heterocycles. The van der Waals surface area contributed by atoms with Crippen molar-refractivity contribution in [2.24, 2.45) is 0 Å². The van der Waals surface area contributed by atoms with E-state index in [-0.39, 0.29) is 12.5 Å². The van der Waals surface area contributed by atoms with Gasteiger partial charge < -0.3 is 10.1 Å². The molecule has 1 amide bonds. The zero-order chi connectivity index (χ0) is 20.5. The summed E-state index contributed by atoms with van der Waals surface area (Å²) in [6.07, 6.45) is 0. The normalized spacial score (nSPS) is 16.5. The molecular weight excluding hydrogens is 386 g/mol. The van der Waals surface area contributed by atoms with Gasteiger partial charge in [-0.05, 0) is 30.2 Å². The van der Waals surface area contributed by atoms with Crippen molar-refractivity contribution in [1.29, 1.82) is 0 Å². The third-order valence-electron chi connectivity index (χ3n) is 5.42. The summed E-state index contributed by atoms with van der Waals surface area (Å²) in [5, 5.41) is 3.66. The lowest BCUT2D eigenvalue weighted by Gasteiger charge is -2.38. The Bertz CT molecular complexity index is 746. The van der Waals surface area contributed by atoms with Crippen LogP contribution in [-0.4, -0.2) is 61.6 Å². The Hall–Kier alpha value is -1.92. The molecule has 1 saturated heterocycles. The third kappa shape index (κ3) is 7.12. The van der Waals surface area contributed by atoms with E-state index in [1.165, 1.54) is 5.56 Å². The molecule has 2 aromatic rings. The molecule has 29 heavy (non-hydrogen) atoms. The second-order valence-corrected chi connectivity index (χ2v) is 7.86. The smallest absolute Gasteiger partial charge is 0.246 e. The van der Waals surface area contributed by atoms with E-state index >= 15 is 0 Å². The summed E-state index contributed by atoms with van der Waals surface area (Å²) in [6.45, 7) is 8.42. The van der Waals surface area contributed by atoms with E-state index in [1.54, 1.807) is 0 Å². The Kier molecular flexibility index (Phi) is 8.50.